The van der Waals surface area contributed by atoms with Gasteiger partial charge in [0.15, 0.2) is 0 Å². The third-order valence-corrected chi connectivity index (χ3v) is 3.91. The van der Waals surface area contributed by atoms with Gasteiger partial charge in [-0.2, -0.15) is 4.72 Å². The summed E-state index contributed by atoms with van der Waals surface area (Å²) in [5.74, 6) is -2.01. The molecule has 0 unspecified atom stereocenters. The maximum atomic E-state index is 12.7. The van der Waals surface area contributed by atoms with Gasteiger partial charge in [-0.25, -0.2) is 12.8 Å². The molecule has 1 aromatic rings. The first-order valence-corrected chi connectivity index (χ1v) is 6.30. The van der Waals surface area contributed by atoms with E-state index >= 15 is 0 Å². The minimum absolute atomic E-state index is 0.310. The van der Waals surface area contributed by atoms with Crippen LogP contribution in [0.5, 0.6) is 0 Å². The molecular formula is C9H9ClFNO4S. The summed E-state index contributed by atoms with van der Waals surface area (Å²) in [6.45, 7) is 1.16. The monoisotopic (exact) mass is 281 g/mol. The van der Waals surface area contributed by atoms with Gasteiger partial charge in [-0.05, 0) is 25.1 Å². The molecule has 0 saturated heterocycles. The predicted molar refractivity (Wildman–Crippen MR) is 58.8 cm³/mol. The largest absolute Gasteiger partial charge is 0.480 e. The molecule has 17 heavy (non-hydrogen) atoms. The molecule has 0 heterocycles. The van der Waals surface area contributed by atoms with Gasteiger partial charge < -0.3 is 5.11 Å². The lowest BCUT2D eigenvalue weighted by molar-refractivity contribution is -0.138. The van der Waals surface area contributed by atoms with E-state index in [1.54, 1.807) is 0 Å². The van der Waals surface area contributed by atoms with Crippen molar-refractivity contribution < 1.29 is 22.7 Å². The zero-order valence-electron chi connectivity index (χ0n) is 8.65. The van der Waals surface area contributed by atoms with Crippen LogP contribution in [0.4, 0.5) is 4.39 Å². The molecule has 0 aliphatic rings. The van der Waals surface area contributed by atoms with Crippen LogP contribution < -0.4 is 4.72 Å². The Bertz CT molecular complexity index is 546. The molecule has 0 aromatic heterocycles. The molecule has 1 aromatic carbocycles. The fourth-order valence-corrected chi connectivity index (χ4v) is 2.77. The average Bonchev–Trinajstić information content (AvgIpc) is 2.15. The topological polar surface area (TPSA) is 83.5 Å². The maximum absolute atomic E-state index is 12.7. The van der Waals surface area contributed by atoms with E-state index in [9.17, 15) is 17.6 Å². The zero-order valence-corrected chi connectivity index (χ0v) is 10.2. The first-order valence-electron chi connectivity index (χ1n) is 4.44. The number of benzene rings is 1. The number of sulfonamides is 1. The number of carbonyl (C=O) groups is 1. The molecule has 1 rings (SSSR count). The van der Waals surface area contributed by atoms with E-state index in [1.165, 1.54) is 0 Å². The first kappa shape index (κ1) is 13.9. The second-order valence-electron chi connectivity index (χ2n) is 3.26. The van der Waals surface area contributed by atoms with Gasteiger partial charge >= 0.3 is 5.97 Å². The molecule has 0 bridgehead atoms. The van der Waals surface area contributed by atoms with Crippen LogP contribution in [0.3, 0.4) is 0 Å². The summed E-state index contributed by atoms with van der Waals surface area (Å²) in [5.41, 5.74) is 0. The second kappa shape index (κ2) is 4.99. The number of hydrogen-bond acceptors (Lipinski definition) is 3. The van der Waals surface area contributed by atoms with Crippen molar-refractivity contribution in [3.05, 3.63) is 29.0 Å². The van der Waals surface area contributed by atoms with Crippen LogP contribution in [0.25, 0.3) is 0 Å². The zero-order chi connectivity index (χ0) is 13.2. The summed E-state index contributed by atoms with van der Waals surface area (Å²) in [4.78, 5) is 10.2. The summed E-state index contributed by atoms with van der Waals surface area (Å²) in [7, 11) is -4.08. The van der Waals surface area contributed by atoms with Crippen molar-refractivity contribution in [2.75, 3.05) is 0 Å². The van der Waals surface area contributed by atoms with Crippen molar-refractivity contribution >= 4 is 27.6 Å². The number of hydrogen-bond donors (Lipinski definition) is 2. The third kappa shape index (κ3) is 3.39. The van der Waals surface area contributed by atoms with E-state index in [2.05, 4.69) is 0 Å². The number of carboxylic acids is 1. The lowest BCUT2D eigenvalue weighted by Crippen LogP contribution is -2.38. The number of halogens is 2. The maximum Gasteiger partial charge on any atom is 0.321 e. The van der Waals surface area contributed by atoms with E-state index in [4.69, 9.17) is 16.7 Å². The molecule has 94 valence electrons. The van der Waals surface area contributed by atoms with Gasteiger partial charge in [0, 0.05) is 0 Å². The molecule has 0 fully saturated rings. The van der Waals surface area contributed by atoms with Crippen molar-refractivity contribution in [3.63, 3.8) is 0 Å². The Hall–Kier alpha value is -1.18. The van der Waals surface area contributed by atoms with Crippen molar-refractivity contribution in [2.45, 2.75) is 17.9 Å². The van der Waals surface area contributed by atoms with Crippen LogP contribution in [0.1, 0.15) is 6.92 Å². The Kier molecular flexibility index (Phi) is 4.07. The molecule has 0 spiro atoms. The number of rotatable bonds is 4. The summed E-state index contributed by atoms with van der Waals surface area (Å²) in [6, 6.07) is 1.42. The highest BCUT2D eigenvalue weighted by molar-refractivity contribution is 7.89. The van der Waals surface area contributed by atoms with E-state index in [1.807, 2.05) is 4.72 Å². The number of carboxylic acid groups (broad SMARTS) is 1. The third-order valence-electron chi connectivity index (χ3n) is 1.89. The smallest absolute Gasteiger partial charge is 0.321 e. The van der Waals surface area contributed by atoms with Gasteiger partial charge in [0.2, 0.25) is 10.0 Å². The van der Waals surface area contributed by atoms with E-state index in [0.29, 0.717) is 0 Å². The van der Waals surface area contributed by atoms with Gasteiger partial charge in [-0.3, -0.25) is 4.79 Å². The fraction of sp³-hybridized carbons (Fsp3) is 0.222. The van der Waals surface area contributed by atoms with Crippen molar-refractivity contribution in [2.24, 2.45) is 0 Å². The standard InChI is InChI=1S/C9H9ClFNO4S/c1-5(9(13)14)12-17(15,16)8-3-2-6(11)4-7(8)10/h2-5,12H,1H3,(H,13,14)/t5-/m0/s1. The highest BCUT2D eigenvalue weighted by Crippen LogP contribution is 2.22. The average molecular weight is 282 g/mol. The lowest BCUT2D eigenvalue weighted by Gasteiger charge is -2.11. The molecule has 8 heteroatoms. The van der Waals surface area contributed by atoms with E-state index in [0.717, 1.165) is 25.1 Å². The summed E-state index contributed by atoms with van der Waals surface area (Å²) in [5, 5.41) is 8.28. The minimum atomic E-state index is -4.08. The normalized spacial score (nSPS) is 13.4. The van der Waals surface area contributed by atoms with E-state index < -0.39 is 27.9 Å². The Morgan fingerprint density at radius 3 is 2.59 bits per heavy atom. The van der Waals surface area contributed by atoms with Crippen LogP contribution in [-0.4, -0.2) is 25.5 Å². The second-order valence-corrected chi connectivity index (χ2v) is 5.35. The van der Waals surface area contributed by atoms with Gasteiger partial charge in [-0.15, -0.1) is 0 Å². The van der Waals surface area contributed by atoms with Gasteiger partial charge in [-0.1, -0.05) is 11.6 Å². The summed E-state index contributed by atoms with van der Waals surface area (Å²) in [6.07, 6.45) is 0. The van der Waals surface area contributed by atoms with Crippen molar-refractivity contribution in [1.29, 1.82) is 0 Å². The first-order chi connectivity index (χ1) is 7.74. The summed E-state index contributed by atoms with van der Waals surface area (Å²) >= 11 is 5.57. The van der Waals surface area contributed by atoms with Crippen LogP contribution in [0, 0.1) is 5.82 Å². The van der Waals surface area contributed by atoms with Gasteiger partial charge in [0.05, 0.1) is 5.02 Å². The lowest BCUT2D eigenvalue weighted by atomic mass is 10.3. The Labute approximate surface area is 102 Å². The molecule has 0 radical (unpaired) electrons. The SMILES string of the molecule is C[C@H](NS(=O)(=O)c1ccc(F)cc1Cl)C(=O)O. The highest BCUT2D eigenvalue weighted by Gasteiger charge is 2.23. The number of nitrogens with one attached hydrogen (secondary N) is 1. The molecule has 1 atom stereocenters. The van der Waals surface area contributed by atoms with Crippen molar-refractivity contribution in [3.8, 4) is 0 Å². The van der Waals surface area contributed by atoms with Gasteiger partial charge in [0.1, 0.15) is 16.8 Å². The van der Waals surface area contributed by atoms with Crippen LogP contribution in [0.15, 0.2) is 23.1 Å². The molecule has 0 aliphatic carbocycles. The number of aliphatic carboxylic acids is 1. The Morgan fingerprint density at radius 2 is 2.12 bits per heavy atom. The predicted octanol–water partition coefficient (Wildman–Crippen LogP) is 1.23. The Balaban J connectivity index is 3.10. The molecule has 0 aliphatic heterocycles. The highest BCUT2D eigenvalue weighted by atomic mass is 35.5. The summed E-state index contributed by atoms with van der Waals surface area (Å²) < 4.78 is 38.0. The van der Waals surface area contributed by atoms with Crippen LogP contribution >= 0.6 is 11.6 Å². The van der Waals surface area contributed by atoms with Gasteiger partial charge in [0.25, 0.3) is 0 Å². The fourth-order valence-electron chi connectivity index (χ4n) is 1.04. The van der Waals surface area contributed by atoms with Crippen LogP contribution in [0.2, 0.25) is 5.02 Å². The van der Waals surface area contributed by atoms with Crippen molar-refractivity contribution in [1.82, 2.24) is 4.72 Å². The minimum Gasteiger partial charge on any atom is -0.480 e. The van der Waals surface area contributed by atoms with E-state index in [-0.39, 0.29) is 9.92 Å². The van der Waals surface area contributed by atoms with Crippen LogP contribution in [-0.2, 0) is 14.8 Å². The molecule has 5 nitrogen and oxygen atoms in total. The molecule has 2 N–H and O–H groups in total. The molecular weight excluding hydrogens is 273 g/mol. The molecule has 0 saturated carbocycles. The Morgan fingerprint density at radius 1 is 1.53 bits per heavy atom. The molecule has 0 amide bonds. The quantitative estimate of drug-likeness (QED) is 0.869.